The lowest BCUT2D eigenvalue weighted by Gasteiger charge is -2.06. The van der Waals surface area contributed by atoms with Gasteiger partial charge in [0.05, 0.1) is 0 Å². The summed E-state index contributed by atoms with van der Waals surface area (Å²) in [4.78, 5) is 11.9. The van der Waals surface area contributed by atoms with Crippen LogP contribution >= 0.6 is 34.4 Å². The minimum absolute atomic E-state index is 0.0694. The van der Waals surface area contributed by atoms with Crippen LogP contribution in [0.4, 0.5) is 4.39 Å². The first-order chi connectivity index (χ1) is 10.2. The third-order valence-corrected chi connectivity index (χ3v) is 4.51. The van der Waals surface area contributed by atoms with Gasteiger partial charge in [-0.1, -0.05) is 24.3 Å². The van der Waals surface area contributed by atoms with Crippen molar-refractivity contribution in [2.45, 2.75) is 5.75 Å². The molecule has 0 fully saturated rings. The van der Waals surface area contributed by atoms with E-state index < -0.39 is 0 Å². The summed E-state index contributed by atoms with van der Waals surface area (Å²) in [6.07, 6.45) is 0. The van der Waals surface area contributed by atoms with Gasteiger partial charge in [-0.15, -0.1) is 0 Å². The second kappa shape index (κ2) is 8.38. The maximum atomic E-state index is 13.4. The molecule has 21 heavy (non-hydrogen) atoms. The molecule has 0 radical (unpaired) electrons. The van der Waals surface area contributed by atoms with Gasteiger partial charge in [-0.05, 0) is 52.4 Å². The highest BCUT2D eigenvalue weighted by molar-refractivity contribution is 14.1. The molecule has 0 aliphatic rings. The zero-order valence-corrected chi connectivity index (χ0v) is 14.3. The number of carbonyl (C=O) groups is 1. The molecule has 2 aromatic carbocycles. The van der Waals surface area contributed by atoms with E-state index in [9.17, 15) is 9.18 Å². The Kier molecular flexibility index (Phi) is 6.50. The van der Waals surface area contributed by atoms with Crippen molar-refractivity contribution in [1.82, 2.24) is 5.32 Å². The summed E-state index contributed by atoms with van der Waals surface area (Å²) in [6.45, 7) is 0.573. The molecule has 0 aliphatic carbocycles. The first-order valence-electron chi connectivity index (χ1n) is 6.52. The van der Waals surface area contributed by atoms with Crippen molar-refractivity contribution in [3.8, 4) is 0 Å². The van der Waals surface area contributed by atoms with E-state index in [1.807, 2.05) is 24.3 Å². The Morgan fingerprint density at radius 3 is 2.76 bits per heavy atom. The molecule has 1 N–H and O–H groups in total. The summed E-state index contributed by atoms with van der Waals surface area (Å²) in [5.41, 5.74) is 1.37. The third-order valence-electron chi connectivity index (χ3n) is 2.83. The van der Waals surface area contributed by atoms with E-state index in [2.05, 4.69) is 27.9 Å². The Morgan fingerprint density at radius 1 is 1.19 bits per heavy atom. The normalized spacial score (nSPS) is 10.4. The minimum atomic E-state index is -0.173. The van der Waals surface area contributed by atoms with Gasteiger partial charge in [0.2, 0.25) is 0 Å². The van der Waals surface area contributed by atoms with Gasteiger partial charge in [-0.25, -0.2) is 4.39 Å². The average molecular weight is 415 g/mol. The van der Waals surface area contributed by atoms with Gasteiger partial charge in [0, 0.05) is 27.2 Å². The van der Waals surface area contributed by atoms with Crippen LogP contribution < -0.4 is 5.32 Å². The second-order valence-electron chi connectivity index (χ2n) is 4.41. The van der Waals surface area contributed by atoms with Gasteiger partial charge in [-0.3, -0.25) is 4.79 Å². The lowest BCUT2D eigenvalue weighted by atomic mass is 10.2. The number of carbonyl (C=O) groups excluding carboxylic acids is 1. The third kappa shape index (κ3) is 5.32. The molecule has 0 aliphatic heterocycles. The van der Waals surface area contributed by atoms with Crippen molar-refractivity contribution in [1.29, 1.82) is 0 Å². The summed E-state index contributed by atoms with van der Waals surface area (Å²) in [6, 6.07) is 14.2. The van der Waals surface area contributed by atoms with Gasteiger partial charge in [0.15, 0.2) is 0 Å². The first kappa shape index (κ1) is 16.3. The van der Waals surface area contributed by atoms with Gasteiger partial charge in [0.1, 0.15) is 5.82 Å². The molecule has 0 aromatic heterocycles. The SMILES string of the molecule is O=C(NCCSCc1ccccc1F)c1cccc(I)c1. The molecule has 2 rings (SSSR count). The highest BCUT2D eigenvalue weighted by Gasteiger charge is 2.05. The maximum Gasteiger partial charge on any atom is 0.251 e. The average Bonchev–Trinajstić information content (AvgIpc) is 2.48. The molecule has 0 heterocycles. The van der Waals surface area contributed by atoms with E-state index in [0.717, 1.165) is 9.32 Å². The largest absolute Gasteiger partial charge is 0.351 e. The summed E-state index contributed by atoms with van der Waals surface area (Å²) >= 11 is 3.78. The van der Waals surface area contributed by atoms with Gasteiger partial charge >= 0.3 is 0 Å². The number of amides is 1. The fourth-order valence-corrected chi connectivity index (χ4v) is 3.15. The highest BCUT2D eigenvalue weighted by atomic mass is 127. The van der Waals surface area contributed by atoms with Gasteiger partial charge < -0.3 is 5.32 Å². The van der Waals surface area contributed by atoms with E-state index in [1.54, 1.807) is 30.0 Å². The summed E-state index contributed by atoms with van der Waals surface area (Å²) in [7, 11) is 0. The van der Waals surface area contributed by atoms with Crippen LogP contribution in [0.25, 0.3) is 0 Å². The molecule has 0 spiro atoms. The first-order valence-corrected chi connectivity index (χ1v) is 8.75. The Hall–Kier alpha value is -1.08. The number of thioether (sulfide) groups is 1. The van der Waals surface area contributed by atoms with Crippen LogP contribution in [-0.4, -0.2) is 18.2 Å². The van der Waals surface area contributed by atoms with Crippen LogP contribution in [0.1, 0.15) is 15.9 Å². The molecule has 0 saturated carbocycles. The Morgan fingerprint density at radius 2 is 2.00 bits per heavy atom. The van der Waals surface area contributed by atoms with Crippen molar-refractivity contribution < 1.29 is 9.18 Å². The standard InChI is InChI=1S/C16H15FINOS/c17-15-7-2-1-4-13(15)11-21-9-8-19-16(20)12-5-3-6-14(18)10-12/h1-7,10H,8-9,11H2,(H,19,20). The fourth-order valence-electron chi connectivity index (χ4n) is 1.77. The quantitative estimate of drug-likeness (QED) is 0.569. The van der Waals surface area contributed by atoms with E-state index in [4.69, 9.17) is 0 Å². The van der Waals surface area contributed by atoms with Gasteiger partial charge in [-0.2, -0.15) is 11.8 Å². The maximum absolute atomic E-state index is 13.4. The van der Waals surface area contributed by atoms with E-state index in [1.165, 1.54) is 6.07 Å². The zero-order chi connectivity index (χ0) is 15.1. The number of halogens is 2. The van der Waals surface area contributed by atoms with Crippen molar-refractivity contribution >= 4 is 40.3 Å². The molecule has 0 atom stereocenters. The van der Waals surface area contributed by atoms with Crippen molar-refractivity contribution in [3.63, 3.8) is 0 Å². The molecule has 0 saturated heterocycles. The van der Waals surface area contributed by atoms with E-state index >= 15 is 0 Å². The molecule has 0 bridgehead atoms. The van der Waals surface area contributed by atoms with Crippen LogP contribution in [0, 0.1) is 9.39 Å². The number of benzene rings is 2. The molecular weight excluding hydrogens is 400 g/mol. The lowest BCUT2D eigenvalue weighted by Crippen LogP contribution is -2.25. The predicted molar refractivity (Wildman–Crippen MR) is 94.1 cm³/mol. The minimum Gasteiger partial charge on any atom is -0.351 e. The van der Waals surface area contributed by atoms with Gasteiger partial charge in [0.25, 0.3) is 5.91 Å². The topological polar surface area (TPSA) is 29.1 Å². The molecule has 0 unspecified atom stereocenters. The van der Waals surface area contributed by atoms with Crippen LogP contribution in [0.15, 0.2) is 48.5 Å². The zero-order valence-electron chi connectivity index (χ0n) is 11.3. The van der Waals surface area contributed by atoms with Crippen LogP contribution in [0.2, 0.25) is 0 Å². The summed E-state index contributed by atoms with van der Waals surface area (Å²) < 4.78 is 14.4. The van der Waals surface area contributed by atoms with Crippen LogP contribution in [-0.2, 0) is 5.75 Å². The lowest BCUT2D eigenvalue weighted by molar-refractivity contribution is 0.0956. The number of nitrogens with one attached hydrogen (secondary N) is 1. The molecule has 2 aromatic rings. The predicted octanol–water partition coefficient (Wildman–Crippen LogP) is 4.09. The summed E-state index contributed by atoms with van der Waals surface area (Å²) in [5.74, 6) is 1.13. The van der Waals surface area contributed by atoms with Crippen molar-refractivity contribution in [2.24, 2.45) is 0 Å². The second-order valence-corrected chi connectivity index (χ2v) is 6.76. The monoisotopic (exact) mass is 415 g/mol. The Bertz CT molecular complexity index is 621. The Labute approximate surface area is 141 Å². The molecular formula is C16H15FINOS. The van der Waals surface area contributed by atoms with Crippen molar-refractivity contribution in [3.05, 3.63) is 69.0 Å². The summed E-state index contributed by atoms with van der Waals surface area (Å²) in [5, 5.41) is 2.87. The fraction of sp³-hybridized carbons (Fsp3) is 0.188. The molecule has 110 valence electrons. The van der Waals surface area contributed by atoms with Crippen molar-refractivity contribution in [2.75, 3.05) is 12.3 Å². The smallest absolute Gasteiger partial charge is 0.251 e. The highest BCUT2D eigenvalue weighted by Crippen LogP contribution is 2.14. The Balaban J connectivity index is 1.70. The van der Waals surface area contributed by atoms with E-state index in [-0.39, 0.29) is 11.7 Å². The number of rotatable bonds is 6. The molecule has 1 amide bonds. The molecule has 2 nitrogen and oxygen atoms in total. The van der Waals surface area contributed by atoms with E-state index in [0.29, 0.717) is 23.4 Å². The number of hydrogen-bond donors (Lipinski definition) is 1. The number of hydrogen-bond acceptors (Lipinski definition) is 2. The molecule has 5 heteroatoms. The van der Waals surface area contributed by atoms with Crippen LogP contribution in [0.5, 0.6) is 0 Å². The van der Waals surface area contributed by atoms with Crippen LogP contribution in [0.3, 0.4) is 0 Å².